The van der Waals surface area contributed by atoms with Gasteiger partial charge in [-0.15, -0.1) is 0 Å². The molecule has 0 aliphatic carbocycles. The van der Waals surface area contributed by atoms with Crippen LogP contribution in [0.5, 0.6) is 11.6 Å². The van der Waals surface area contributed by atoms with E-state index >= 15 is 0 Å². The van der Waals surface area contributed by atoms with Crippen LogP contribution >= 0.6 is 15.9 Å². The molecule has 2 N–H and O–H groups in total. The van der Waals surface area contributed by atoms with E-state index in [1.807, 2.05) is 46.0 Å². The summed E-state index contributed by atoms with van der Waals surface area (Å²) in [5, 5.41) is 4.43. The summed E-state index contributed by atoms with van der Waals surface area (Å²) in [6.07, 6.45) is 0.748. The lowest BCUT2D eigenvalue weighted by Crippen LogP contribution is -2.18. The van der Waals surface area contributed by atoms with Gasteiger partial charge in [0, 0.05) is 18.7 Å². The molecule has 0 fully saturated rings. The third-order valence-electron chi connectivity index (χ3n) is 3.11. The molecule has 0 spiro atoms. The highest BCUT2D eigenvalue weighted by molar-refractivity contribution is 9.10. The SMILES string of the molecule is Cc1ccc(Oc2c(CC(C)N)c(C)nn2C)c(Br)c1. The van der Waals surface area contributed by atoms with Crippen molar-refractivity contribution < 1.29 is 4.74 Å². The van der Waals surface area contributed by atoms with Crippen molar-refractivity contribution in [2.75, 3.05) is 0 Å². The standard InChI is InChI=1S/C15H20BrN3O/c1-9-5-6-14(13(16)7-9)20-15-12(8-10(2)17)11(3)18-19(15)4/h5-7,10H,8,17H2,1-4H3. The van der Waals surface area contributed by atoms with E-state index in [-0.39, 0.29) is 6.04 Å². The molecule has 1 aromatic heterocycles. The third-order valence-corrected chi connectivity index (χ3v) is 3.73. The lowest BCUT2D eigenvalue weighted by molar-refractivity contribution is 0.422. The highest BCUT2D eigenvalue weighted by Crippen LogP contribution is 2.33. The van der Waals surface area contributed by atoms with Gasteiger partial charge in [0.2, 0.25) is 5.88 Å². The first-order chi connectivity index (χ1) is 9.38. The highest BCUT2D eigenvalue weighted by atomic mass is 79.9. The van der Waals surface area contributed by atoms with Crippen LogP contribution in [0, 0.1) is 13.8 Å². The number of ether oxygens (including phenoxy) is 1. The van der Waals surface area contributed by atoms with Crippen LogP contribution in [0.25, 0.3) is 0 Å². The number of aromatic nitrogens is 2. The molecule has 0 saturated heterocycles. The van der Waals surface area contributed by atoms with Gasteiger partial charge < -0.3 is 10.5 Å². The summed E-state index contributed by atoms with van der Waals surface area (Å²) in [5.41, 5.74) is 9.12. The van der Waals surface area contributed by atoms with E-state index in [4.69, 9.17) is 10.5 Å². The largest absolute Gasteiger partial charge is 0.438 e. The first-order valence-corrected chi connectivity index (χ1v) is 7.40. The first kappa shape index (κ1) is 15.1. The second-order valence-corrected chi connectivity index (χ2v) is 6.06. The topological polar surface area (TPSA) is 53.1 Å². The van der Waals surface area contributed by atoms with Crippen LogP contribution in [0.4, 0.5) is 0 Å². The smallest absolute Gasteiger partial charge is 0.221 e. The Bertz CT molecular complexity index is 620. The number of nitrogens with two attached hydrogens (primary N) is 1. The molecule has 4 nitrogen and oxygen atoms in total. The number of hydrogen-bond acceptors (Lipinski definition) is 3. The van der Waals surface area contributed by atoms with Crippen molar-refractivity contribution in [3.8, 4) is 11.6 Å². The van der Waals surface area contributed by atoms with Gasteiger partial charge in [0.15, 0.2) is 0 Å². The predicted molar refractivity (Wildman–Crippen MR) is 84.3 cm³/mol. The molecular weight excluding hydrogens is 318 g/mol. The molecule has 2 aromatic rings. The van der Waals surface area contributed by atoms with Gasteiger partial charge in [-0.3, -0.25) is 0 Å². The fourth-order valence-electron chi connectivity index (χ4n) is 2.16. The summed E-state index contributed by atoms with van der Waals surface area (Å²) >= 11 is 3.53. The van der Waals surface area contributed by atoms with Crippen molar-refractivity contribution in [2.45, 2.75) is 33.2 Å². The van der Waals surface area contributed by atoms with Gasteiger partial charge in [-0.1, -0.05) is 6.07 Å². The lowest BCUT2D eigenvalue weighted by Gasteiger charge is -2.12. The molecule has 108 valence electrons. The van der Waals surface area contributed by atoms with Gasteiger partial charge in [0.05, 0.1) is 10.2 Å². The number of halogens is 1. The van der Waals surface area contributed by atoms with Crippen molar-refractivity contribution >= 4 is 15.9 Å². The minimum absolute atomic E-state index is 0.0710. The average Bonchev–Trinajstić information content (AvgIpc) is 2.58. The number of hydrogen-bond donors (Lipinski definition) is 1. The molecule has 1 atom stereocenters. The molecule has 0 saturated carbocycles. The zero-order chi connectivity index (χ0) is 14.9. The molecule has 1 unspecified atom stereocenters. The predicted octanol–water partition coefficient (Wildman–Crippen LogP) is 3.48. The highest BCUT2D eigenvalue weighted by Gasteiger charge is 2.17. The van der Waals surface area contributed by atoms with E-state index < -0.39 is 0 Å². The van der Waals surface area contributed by atoms with Crippen LogP contribution in [0.15, 0.2) is 22.7 Å². The lowest BCUT2D eigenvalue weighted by atomic mass is 10.1. The average molecular weight is 338 g/mol. The van der Waals surface area contributed by atoms with Crippen LogP contribution < -0.4 is 10.5 Å². The van der Waals surface area contributed by atoms with Crippen molar-refractivity contribution in [3.63, 3.8) is 0 Å². The Morgan fingerprint density at radius 2 is 2.10 bits per heavy atom. The summed E-state index contributed by atoms with van der Waals surface area (Å²) in [6, 6.07) is 6.08. The molecule has 5 heteroatoms. The van der Waals surface area contributed by atoms with Crippen LogP contribution in [-0.2, 0) is 13.5 Å². The second kappa shape index (κ2) is 5.97. The van der Waals surface area contributed by atoms with Crippen molar-refractivity contribution in [3.05, 3.63) is 39.5 Å². The Labute approximate surface area is 128 Å². The van der Waals surface area contributed by atoms with Crippen LogP contribution in [0.3, 0.4) is 0 Å². The summed E-state index contributed by atoms with van der Waals surface area (Å²) in [6.45, 7) is 6.01. The van der Waals surface area contributed by atoms with E-state index in [0.717, 1.165) is 33.8 Å². The first-order valence-electron chi connectivity index (χ1n) is 6.60. The fraction of sp³-hybridized carbons (Fsp3) is 0.400. The van der Waals surface area contributed by atoms with Crippen molar-refractivity contribution in [2.24, 2.45) is 12.8 Å². The maximum absolute atomic E-state index is 6.05. The zero-order valence-corrected chi connectivity index (χ0v) is 13.9. The van der Waals surface area contributed by atoms with Crippen molar-refractivity contribution in [1.82, 2.24) is 9.78 Å². The molecule has 2 rings (SSSR count). The van der Waals surface area contributed by atoms with Gasteiger partial charge >= 0.3 is 0 Å². The minimum Gasteiger partial charge on any atom is -0.438 e. The molecule has 1 aromatic carbocycles. The van der Waals surface area contributed by atoms with Gasteiger partial charge in [-0.2, -0.15) is 5.10 Å². The van der Waals surface area contributed by atoms with Crippen LogP contribution in [0.2, 0.25) is 0 Å². The van der Waals surface area contributed by atoms with Gasteiger partial charge in [0.25, 0.3) is 0 Å². The molecule has 0 aliphatic heterocycles. The second-order valence-electron chi connectivity index (χ2n) is 5.21. The molecule has 1 heterocycles. The number of aryl methyl sites for hydroxylation is 3. The van der Waals surface area contributed by atoms with E-state index in [9.17, 15) is 0 Å². The maximum atomic E-state index is 6.05. The Morgan fingerprint density at radius 1 is 1.40 bits per heavy atom. The fourth-order valence-corrected chi connectivity index (χ4v) is 2.73. The molecule has 0 radical (unpaired) electrons. The van der Waals surface area contributed by atoms with E-state index in [1.54, 1.807) is 4.68 Å². The Kier molecular flexibility index (Phi) is 4.50. The van der Waals surface area contributed by atoms with E-state index in [1.165, 1.54) is 5.56 Å². The number of rotatable bonds is 4. The van der Waals surface area contributed by atoms with Crippen LogP contribution in [0.1, 0.15) is 23.7 Å². The van der Waals surface area contributed by atoms with Gasteiger partial charge in [-0.25, -0.2) is 4.68 Å². The summed E-state index contributed by atoms with van der Waals surface area (Å²) in [4.78, 5) is 0. The van der Waals surface area contributed by atoms with Crippen molar-refractivity contribution in [1.29, 1.82) is 0 Å². The van der Waals surface area contributed by atoms with E-state index in [0.29, 0.717) is 0 Å². The van der Waals surface area contributed by atoms with Gasteiger partial charge in [-0.05, 0) is 60.8 Å². The summed E-state index contributed by atoms with van der Waals surface area (Å²) in [5.74, 6) is 1.54. The third kappa shape index (κ3) is 3.22. The number of benzene rings is 1. The van der Waals surface area contributed by atoms with Crippen LogP contribution in [-0.4, -0.2) is 15.8 Å². The Hall–Kier alpha value is -1.33. The monoisotopic (exact) mass is 337 g/mol. The quantitative estimate of drug-likeness (QED) is 0.929. The summed E-state index contributed by atoms with van der Waals surface area (Å²) in [7, 11) is 1.88. The molecule has 0 aliphatic rings. The van der Waals surface area contributed by atoms with Gasteiger partial charge in [0.1, 0.15) is 5.75 Å². The Balaban J connectivity index is 2.37. The summed E-state index contributed by atoms with van der Waals surface area (Å²) < 4.78 is 8.74. The minimum atomic E-state index is 0.0710. The molecule has 0 amide bonds. The molecule has 0 bridgehead atoms. The zero-order valence-electron chi connectivity index (χ0n) is 12.3. The number of nitrogens with zero attached hydrogens (tertiary/aromatic N) is 2. The molecular formula is C15H20BrN3O. The maximum Gasteiger partial charge on any atom is 0.221 e. The molecule has 20 heavy (non-hydrogen) atoms. The Morgan fingerprint density at radius 3 is 2.70 bits per heavy atom. The van der Waals surface area contributed by atoms with E-state index in [2.05, 4.69) is 21.0 Å². The normalized spacial score (nSPS) is 12.5.